The fourth-order valence-electron chi connectivity index (χ4n) is 2.48. The SMILES string of the molecule is Cc1nn(Cc2csc3ccccc23)c(C)c1C(=O)O. The van der Waals surface area contributed by atoms with E-state index in [0.29, 0.717) is 23.5 Å². The number of carboxylic acid groups (broad SMARTS) is 1. The van der Waals surface area contributed by atoms with Crippen LogP contribution in [0.3, 0.4) is 0 Å². The van der Waals surface area contributed by atoms with Crippen molar-refractivity contribution in [3.8, 4) is 0 Å². The lowest BCUT2D eigenvalue weighted by atomic mass is 10.1. The first-order valence-corrected chi connectivity index (χ1v) is 7.18. The van der Waals surface area contributed by atoms with E-state index < -0.39 is 5.97 Å². The van der Waals surface area contributed by atoms with Gasteiger partial charge in [-0.1, -0.05) is 18.2 Å². The Kier molecular flexibility index (Phi) is 3.06. The molecular formula is C15H14N2O2S. The minimum atomic E-state index is -0.915. The Morgan fingerprint density at radius 2 is 2.10 bits per heavy atom. The lowest BCUT2D eigenvalue weighted by Crippen LogP contribution is -2.05. The molecule has 0 aliphatic carbocycles. The van der Waals surface area contributed by atoms with Crippen LogP contribution in [0.25, 0.3) is 10.1 Å². The molecule has 102 valence electrons. The van der Waals surface area contributed by atoms with Gasteiger partial charge in [-0.3, -0.25) is 4.68 Å². The van der Waals surface area contributed by atoms with E-state index in [1.807, 2.05) is 12.1 Å². The van der Waals surface area contributed by atoms with Crippen molar-refractivity contribution in [1.29, 1.82) is 0 Å². The van der Waals surface area contributed by atoms with Crippen molar-refractivity contribution >= 4 is 27.4 Å². The van der Waals surface area contributed by atoms with Crippen molar-refractivity contribution in [2.45, 2.75) is 20.4 Å². The number of carbonyl (C=O) groups is 1. The molecule has 2 heterocycles. The zero-order valence-corrected chi connectivity index (χ0v) is 12.1. The highest BCUT2D eigenvalue weighted by Crippen LogP contribution is 2.27. The van der Waals surface area contributed by atoms with E-state index in [4.69, 9.17) is 0 Å². The van der Waals surface area contributed by atoms with Gasteiger partial charge in [-0.25, -0.2) is 4.79 Å². The van der Waals surface area contributed by atoms with Crippen LogP contribution < -0.4 is 0 Å². The fraction of sp³-hybridized carbons (Fsp3) is 0.200. The van der Waals surface area contributed by atoms with Gasteiger partial charge in [-0.15, -0.1) is 11.3 Å². The Morgan fingerprint density at radius 1 is 1.35 bits per heavy atom. The third kappa shape index (κ3) is 2.00. The molecule has 0 fully saturated rings. The summed E-state index contributed by atoms with van der Waals surface area (Å²) < 4.78 is 3.01. The molecule has 0 unspecified atom stereocenters. The van der Waals surface area contributed by atoms with Crippen LogP contribution in [-0.4, -0.2) is 20.9 Å². The number of fused-ring (bicyclic) bond motifs is 1. The molecule has 0 atom stereocenters. The summed E-state index contributed by atoms with van der Waals surface area (Å²) in [6.45, 7) is 4.14. The van der Waals surface area contributed by atoms with Crippen LogP contribution in [0.2, 0.25) is 0 Å². The number of carboxylic acids is 1. The fourth-order valence-corrected chi connectivity index (χ4v) is 3.43. The second-order valence-corrected chi connectivity index (χ2v) is 5.68. The summed E-state index contributed by atoms with van der Waals surface area (Å²) in [5, 5.41) is 16.9. The summed E-state index contributed by atoms with van der Waals surface area (Å²) >= 11 is 1.70. The second kappa shape index (κ2) is 4.76. The van der Waals surface area contributed by atoms with Gasteiger partial charge in [0.25, 0.3) is 0 Å². The molecule has 0 spiro atoms. The molecule has 0 amide bonds. The lowest BCUT2D eigenvalue weighted by molar-refractivity contribution is 0.0695. The lowest BCUT2D eigenvalue weighted by Gasteiger charge is -2.04. The van der Waals surface area contributed by atoms with Crippen molar-refractivity contribution in [2.24, 2.45) is 0 Å². The Hall–Kier alpha value is -2.14. The summed E-state index contributed by atoms with van der Waals surface area (Å²) in [4.78, 5) is 11.2. The summed E-state index contributed by atoms with van der Waals surface area (Å²) in [6, 6.07) is 8.22. The summed E-state index contributed by atoms with van der Waals surface area (Å²) in [6.07, 6.45) is 0. The molecule has 0 aliphatic heterocycles. The van der Waals surface area contributed by atoms with E-state index in [1.54, 1.807) is 29.9 Å². The predicted octanol–water partition coefficient (Wildman–Crippen LogP) is 3.46. The van der Waals surface area contributed by atoms with Crippen LogP contribution in [0.4, 0.5) is 0 Å². The van der Waals surface area contributed by atoms with Crippen LogP contribution in [0.1, 0.15) is 27.3 Å². The maximum Gasteiger partial charge on any atom is 0.339 e. The largest absolute Gasteiger partial charge is 0.478 e. The molecule has 0 radical (unpaired) electrons. The molecule has 5 heteroatoms. The minimum Gasteiger partial charge on any atom is -0.478 e. The first-order chi connectivity index (χ1) is 9.58. The van der Waals surface area contributed by atoms with Crippen molar-refractivity contribution in [2.75, 3.05) is 0 Å². The third-order valence-corrected chi connectivity index (χ3v) is 4.49. The molecule has 0 saturated heterocycles. The topological polar surface area (TPSA) is 55.1 Å². The maximum atomic E-state index is 11.2. The molecule has 0 saturated carbocycles. The summed E-state index contributed by atoms with van der Waals surface area (Å²) in [5.74, 6) is -0.915. The number of thiophene rings is 1. The molecular weight excluding hydrogens is 272 g/mol. The third-order valence-electron chi connectivity index (χ3n) is 3.48. The highest BCUT2D eigenvalue weighted by molar-refractivity contribution is 7.17. The Balaban J connectivity index is 2.04. The molecule has 0 aliphatic rings. The van der Waals surface area contributed by atoms with Gasteiger partial charge in [0.05, 0.1) is 17.9 Å². The average Bonchev–Trinajstić information content (AvgIpc) is 2.93. The molecule has 4 nitrogen and oxygen atoms in total. The highest BCUT2D eigenvalue weighted by atomic mass is 32.1. The molecule has 2 aromatic heterocycles. The van der Waals surface area contributed by atoms with Gasteiger partial charge in [0.2, 0.25) is 0 Å². The number of benzene rings is 1. The number of hydrogen-bond acceptors (Lipinski definition) is 3. The van der Waals surface area contributed by atoms with Crippen molar-refractivity contribution in [3.05, 3.63) is 52.2 Å². The molecule has 0 bridgehead atoms. The van der Waals surface area contributed by atoms with Gasteiger partial charge >= 0.3 is 5.97 Å². The van der Waals surface area contributed by atoms with Crippen LogP contribution >= 0.6 is 11.3 Å². The number of aryl methyl sites for hydroxylation is 1. The zero-order valence-electron chi connectivity index (χ0n) is 11.3. The molecule has 1 aromatic carbocycles. The van der Waals surface area contributed by atoms with Crippen LogP contribution in [-0.2, 0) is 6.54 Å². The van der Waals surface area contributed by atoms with E-state index in [0.717, 1.165) is 0 Å². The van der Waals surface area contributed by atoms with Crippen LogP contribution in [0.5, 0.6) is 0 Å². The zero-order chi connectivity index (χ0) is 14.3. The smallest absolute Gasteiger partial charge is 0.339 e. The van der Waals surface area contributed by atoms with Gasteiger partial charge in [0.15, 0.2) is 0 Å². The van der Waals surface area contributed by atoms with Crippen LogP contribution in [0, 0.1) is 13.8 Å². The van der Waals surface area contributed by atoms with Gasteiger partial charge < -0.3 is 5.11 Å². The number of aromatic nitrogens is 2. The van der Waals surface area contributed by atoms with E-state index in [1.165, 1.54) is 15.6 Å². The Labute approximate surface area is 120 Å². The summed E-state index contributed by atoms with van der Waals surface area (Å²) in [7, 11) is 0. The standard InChI is InChI=1S/C15H14N2O2S/c1-9-14(15(18)19)10(2)17(16-9)7-11-8-20-13-6-4-3-5-12(11)13/h3-6,8H,7H2,1-2H3,(H,18,19). The monoisotopic (exact) mass is 286 g/mol. The van der Waals surface area contributed by atoms with Gasteiger partial charge in [0.1, 0.15) is 5.56 Å². The van der Waals surface area contributed by atoms with Crippen LogP contribution in [0.15, 0.2) is 29.6 Å². The maximum absolute atomic E-state index is 11.2. The molecule has 20 heavy (non-hydrogen) atoms. The first kappa shape index (κ1) is 12.9. The van der Waals surface area contributed by atoms with Crippen molar-refractivity contribution < 1.29 is 9.90 Å². The van der Waals surface area contributed by atoms with E-state index in [9.17, 15) is 9.90 Å². The van der Waals surface area contributed by atoms with E-state index in [-0.39, 0.29) is 0 Å². The van der Waals surface area contributed by atoms with Gasteiger partial charge in [-0.05, 0) is 36.2 Å². The van der Waals surface area contributed by atoms with Gasteiger partial charge in [0, 0.05) is 4.70 Å². The Bertz CT molecular complexity index is 801. The van der Waals surface area contributed by atoms with Gasteiger partial charge in [-0.2, -0.15) is 5.10 Å². The predicted molar refractivity (Wildman–Crippen MR) is 79.6 cm³/mol. The number of rotatable bonds is 3. The summed E-state index contributed by atoms with van der Waals surface area (Å²) in [5.41, 5.74) is 2.75. The number of nitrogens with zero attached hydrogens (tertiary/aromatic N) is 2. The number of hydrogen-bond donors (Lipinski definition) is 1. The normalized spacial score (nSPS) is 11.1. The quantitative estimate of drug-likeness (QED) is 0.802. The average molecular weight is 286 g/mol. The van der Waals surface area contributed by atoms with E-state index in [2.05, 4.69) is 22.6 Å². The first-order valence-electron chi connectivity index (χ1n) is 6.30. The molecule has 1 N–H and O–H groups in total. The highest BCUT2D eigenvalue weighted by Gasteiger charge is 2.18. The molecule has 3 aromatic rings. The van der Waals surface area contributed by atoms with Crippen molar-refractivity contribution in [1.82, 2.24) is 9.78 Å². The number of aromatic carboxylic acids is 1. The molecule has 3 rings (SSSR count). The minimum absolute atomic E-state index is 0.310. The Morgan fingerprint density at radius 3 is 2.80 bits per heavy atom. The van der Waals surface area contributed by atoms with E-state index >= 15 is 0 Å². The second-order valence-electron chi connectivity index (χ2n) is 4.77. The van der Waals surface area contributed by atoms with Crippen molar-refractivity contribution in [3.63, 3.8) is 0 Å².